The van der Waals surface area contributed by atoms with Gasteiger partial charge in [0.05, 0.1) is 6.26 Å². The summed E-state index contributed by atoms with van der Waals surface area (Å²) < 4.78 is 5.04. The van der Waals surface area contributed by atoms with Crippen molar-refractivity contribution in [2.45, 2.75) is 57.9 Å². The van der Waals surface area contributed by atoms with Crippen LogP contribution in [0.5, 0.6) is 0 Å². The molecule has 25 heavy (non-hydrogen) atoms. The van der Waals surface area contributed by atoms with E-state index in [1.54, 1.807) is 12.1 Å². The number of nitrogens with one attached hydrogen (secondary N) is 2. The highest BCUT2D eigenvalue weighted by Gasteiger charge is 2.53. The number of hydrogen-bond acceptors (Lipinski definition) is 3. The van der Waals surface area contributed by atoms with Crippen molar-refractivity contribution in [2.75, 3.05) is 6.54 Å². The van der Waals surface area contributed by atoms with E-state index >= 15 is 0 Å². The van der Waals surface area contributed by atoms with Gasteiger partial charge in [0.1, 0.15) is 0 Å². The van der Waals surface area contributed by atoms with E-state index in [1.165, 1.54) is 44.8 Å². The summed E-state index contributed by atoms with van der Waals surface area (Å²) in [7, 11) is 0. The van der Waals surface area contributed by atoms with Gasteiger partial charge in [-0.2, -0.15) is 0 Å². The summed E-state index contributed by atoms with van der Waals surface area (Å²) >= 11 is 0. The summed E-state index contributed by atoms with van der Waals surface area (Å²) in [6, 6.07) is 3.52. The Balaban J connectivity index is 1.26. The third-order valence-electron chi connectivity index (χ3n) is 6.76. The molecule has 4 aliphatic rings. The maximum atomic E-state index is 12.3. The molecule has 1 heterocycles. The molecule has 4 aliphatic carbocycles. The molecule has 5 nitrogen and oxygen atoms in total. The van der Waals surface area contributed by atoms with E-state index in [0.717, 1.165) is 17.8 Å². The molecular formula is C20H28N2O3. The normalized spacial score (nSPS) is 33.9. The van der Waals surface area contributed by atoms with Crippen LogP contribution in [-0.4, -0.2) is 24.4 Å². The van der Waals surface area contributed by atoms with Gasteiger partial charge in [-0.15, -0.1) is 0 Å². The highest BCUT2D eigenvalue weighted by molar-refractivity contribution is 5.91. The van der Waals surface area contributed by atoms with Crippen LogP contribution < -0.4 is 10.6 Å². The third kappa shape index (κ3) is 3.33. The van der Waals surface area contributed by atoms with Crippen molar-refractivity contribution in [3.63, 3.8) is 0 Å². The van der Waals surface area contributed by atoms with Crippen molar-refractivity contribution in [2.24, 2.45) is 23.2 Å². The maximum absolute atomic E-state index is 12.3. The van der Waals surface area contributed by atoms with Crippen LogP contribution in [0.4, 0.5) is 0 Å². The molecule has 2 amide bonds. The van der Waals surface area contributed by atoms with Crippen LogP contribution in [0.2, 0.25) is 0 Å². The van der Waals surface area contributed by atoms with Crippen molar-refractivity contribution < 1.29 is 14.0 Å². The molecule has 0 aromatic carbocycles. The predicted molar refractivity (Wildman–Crippen MR) is 93.9 cm³/mol. The van der Waals surface area contributed by atoms with E-state index in [4.69, 9.17) is 4.42 Å². The molecule has 4 saturated carbocycles. The molecule has 2 N–H and O–H groups in total. The van der Waals surface area contributed by atoms with Crippen LogP contribution in [-0.2, 0) is 4.79 Å². The Bertz CT molecular complexity index is 602. The number of carbonyl (C=O) groups is 2. The summed E-state index contributed by atoms with van der Waals surface area (Å²) in [6.07, 6.45) is 9.88. The molecule has 1 unspecified atom stereocenters. The lowest BCUT2D eigenvalue weighted by atomic mass is 9.48. The molecule has 136 valence electrons. The fourth-order valence-electron chi connectivity index (χ4n) is 5.96. The van der Waals surface area contributed by atoms with Crippen molar-refractivity contribution >= 4 is 11.8 Å². The molecule has 1 atom stereocenters. The smallest absolute Gasteiger partial charge is 0.286 e. The fourth-order valence-corrected chi connectivity index (χ4v) is 5.96. The van der Waals surface area contributed by atoms with E-state index in [-0.39, 0.29) is 23.6 Å². The van der Waals surface area contributed by atoms with E-state index < -0.39 is 0 Å². The minimum atomic E-state index is -0.271. The van der Waals surface area contributed by atoms with Gasteiger partial charge in [-0.05, 0) is 80.8 Å². The number of carbonyl (C=O) groups excluding carboxylic acids is 2. The SMILES string of the molecule is CC(NC(=O)CCNC(=O)c1ccco1)C12CC3CC(CC(C3)C1)C2. The number of rotatable bonds is 6. The van der Waals surface area contributed by atoms with Crippen molar-refractivity contribution in [3.8, 4) is 0 Å². The van der Waals surface area contributed by atoms with Crippen LogP contribution >= 0.6 is 0 Å². The zero-order chi connectivity index (χ0) is 17.4. The Labute approximate surface area is 148 Å². The summed E-state index contributed by atoms with van der Waals surface area (Å²) in [5, 5.41) is 5.96. The quantitative estimate of drug-likeness (QED) is 0.833. The van der Waals surface area contributed by atoms with E-state index in [2.05, 4.69) is 17.6 Å². The Morgan fingerprint density at radius 2 is 1.84 bits per heavy atom. The van der Waals surface area contributed by atoms with Gasteiger partial charge in [0, 0.05) is 19.0 Å². The van der Waals surface area contributed by atoms with Gasteiger partial charge in [0.25, 0.3) is 5.91 Å². The molecule has 0 saturated heterocycles. The van der Waals surface area contributed by atoms with Gasteiger partial charge in [0.2, 0.25) is 5.91 Å². The molecule has 0 spiro atoms. The van der Waals surface area contributed by atoms with E-state index in [1.807, 2.05) is 0 Å². The standard InChI is InChI=1S/C20H28N2O3/c1-13(20-10-14-7-15(11-20)9-16(8-14)12-20)22-18(23)4-5-21-19(24)17-3-2-6-25-17/h2-3,6,13-16H,4-5,7-12H2,1H3,(H,21,24)(H,22,23). The molecule has 0 radical (unpaired) electrons. The van der Waals surface area contributed by atoms with Gasteiger partial charge in [-0.3, -0.25) is 9.59 Å². The zero-order valence-corrected chi connectivity index (χ0v) is 14.9. The first-order valence-electron chi connectivity index (χ1n) is 9.65. The number of hydrogen-bond donors (Lipinski definition) is 2. The summed E-state index contributed by atoms with van der Waals surface area (Å²) in [5.74, 6) is 2.70. The number of amides is 2. The molecule has 5 rings (SSSR count). The van der Waals surface area contributed by atoms with Gasteiger partial charge in [-0.1, -0.05) is 0 Å². The minimum Gasteiger partial charge on any atom is -0.459 e. The average molecular weight is 344 g/mol. The second-order valence-corrected chi connectivity index (χ2v) is 8.55. The lowest BCUT2D eigenvalue weighted by Gasteiger charge is -2.59. The topological polar surface area (TPSA) is 71.3 Å². The molecule has 1 aromatic rings. The van der Waals surface area contributed by atoms with Crippen LogP contribution in [0.15, 0.2) is 22.8 Å². The first kappa shape index (κ1) is 16.7. The third-order valence-corrected chi connectivity index (χ3v) is 6.76. The molecule has 4 fully saturated rings. The van der Waals surface area contributed by atoms with Crippen molar-refractivity contribution in [3.05, 3.63) is 24.2 Å². The van der Waals surface area contributed by atoms with Gasteiger partial charge >= 0.3 is 0 Å². The predicted octanol–water partition coefficient (Wildman–Crippen LogP) is 3.12. The van der Waals surface area contributed by atoms with Crippen LogP contribution in [0.25, 0.3) is 0 Å². The van der Waals surface area contributed by atoms with Gasteiger partial charge in [0.15, 0.2) is 5.76 Å². The van der Waals surface area contributed by atoms with Crippen LogP contribution in [0.1, 0.15) is 62.4 Å². The van der Waals surface area contributed by atoms with Gasteiger partial charge < -0.3 is 15.1 Å². The molecule has 1 aromatic heterocycles. The summed E-state index contributed by atoms with van der Waals surface area (Å²) in [5.41, 5.74) is 0.321. The monoisotopic (exact) mass is 344 g/mol. The minimum absolute atomic E-state index is 0.0305. The van der Waals surface area contributed by atoms with Crippen molar-refractivity contribution in [1.29, 1.82) is 0 Å². The lowest BCUT2D eigenvalue weighted by Crippen LogP contribution is -2.56. The summed E-state index contributed by atoms with van der Waals surface area (Å²) in [4.78, 5) is 24.1. The highest BCUT2D eigenvalue weighted by Crippen LogP contribution is 2.61. The van der Waals surface area contributed by atoms with Crippen molar-refractivity contribution in [1.82, 2.24) is 10.6 Å². The lowest BCUT2D eigenvalue weighted by molar-refractivity contribution is -0.125. The highest BCUT2D eigenvalue weighted by atomic mass is 16.3. The first-order chi connectivity index (χ1) is 12.0. The average Bonchev–Trinajstić information content (AvgIpc) is 3.08. The molecule has 5 heteroatoms. The number of furan rings is 1. The zero-order valence-electron chi connectivity index (χ0n) is 14.9. The molecule has 0 aliphatic heterocycles. The first-order valence-corrected chi connectivity index (χ1v) is 9.65. The molecular weight excluding hydrogens is 316 g/mol. The second kappa shape index (κ2) is 6.50. The Hall–Kier alpha value is -1.78. The Kier molecular flexibility index (Phi) is 4.34. The second-order valence-electron chi connectivity index (χ2n) is 8.55. The fraction of sp³-hybridized carbons (Fsp3) is 0.700. The molecule has 4 bridgehead atoms. The van der Waals surface area contributed by atoms with Crippen LogP contribution in [0.3, 0.4) is 0 Å². The van der Waals surface area contributed by atoms with Crippen LogP contribution in [0, 0.1) is 23.2 Å². The Morgan fingerprint density at radius 1 is 1.20 bits per heavy atom. The van der Waals surface area contributed by atoms with E-state index in [0.29, 0.717) is 18.4 Å². The summed E-state index contributed by atoms with van der Waals surface area (Å²) in [6.45, 7) is 2.52. The largest absolute Gasteiger partial charge is 0.459 e. The maximum Gasteiger partial charge on any atom is 0.286 e. The van der Waals surface area contributed by atoms with Gasteiger partial charge in [-0.25, -0.2) is 0 Å². The van der Waals surface area contributed by atoms with E-state index in [9.17, 15) is 9.59 Å². The Morgan fingerprint density at radius 3 is 2.40 bits per heavy atom.